The van der Waals surface area contributed by atoms with Crippen LogP contribution in [0.2, 0.25) is 0 Å². The van der Waals surface area contributed by atoms with E-state index < -0.39 is 0 Å². The molecule has 0 radical (unpaired) electrons. The highest BCUT2D eigenvalue weighted by atomic mass is 15.5. The summed E-state index contributed by atoms with van der Waals surface area (Å²) in [5.41, 5.74) is 4.54. The SMILES string of the molecule is c1ccc(-n2nnc3c(N4CCc5cncnc5C4)ncnc32)cc1. The smallest absolute Gasteiger partial charge is 0.189 e. The number of hydrogen-bond acceptors (Lipinski definition) is 7. The average molecular weight is 330 g/mol. The van der Waals surface area contributed by atoms with Crippen molar-refractivity contribution in [2.45, 2.75) is 13.0 Å². The summed E-state index contributed by atoms with van der Waals surface area (Å²) >= 11 is 0. The number of aromatic nitrogens is 7. The Hall–Kier alpha value is -3.42. The van der Waals surface area contributed by atoms with Crippen LogP contribution in [-0.2, 0) is 13.0 Å². The molecule has 0 N–H and O–H groups in total. The van der Waals surface area contributed by atoms with Crippen molar-refractivity contribution in [2.75, 3.05) is 11.4 Å². The summed E-state index contributed by atoms with van der Waals surface area (Å²) in [5, 5.41) is 8.62. The van der Waals surface area contributed by atoms with Gasteiger partial charge in [0.2, 0.25) is 0 Å². The highest BCUT2D eigenvalue weighted by molar-refractivity contribution is 5.83. The second-order valence-electron chi connectivity index (χ2n) is 5.87. The monoisotopic (exact) mass is 330 g/mol. The van der Waals surface area contributed by atoms with E-state index in [9.17, 15) is 0 Å². The zero-order valence-electron chi connectivity index (χ0n) is 13.3. The van der Waals surface area contributed by atoms with E-state index in [0.29, 0.717) is 17.7 Å². The molecule has 0 amide bonds. The quantitative estimate of drug-likeness (QED) is 0.551. The molecule has 0 fully saturated rings. The number of fused-ring (bicyclic) bond motifs is 2. The molecule has 4 aromatic rings. The minimum Gasteiger partial charge on any atom is -0.348 e. The van der Waals surface area contributed by atoms with Gasteiger partial charge in [-0.3, -0.25) is 0 Å². The normalized spacial score (nSPS) is 13.8. The minimum absolute atomic E-state index is 0.683. The molecule has 1 aromatic carbocycles. The highest BCUT2D eigenvalue weighted by Crippen LogP contribution is 2.26. The van der Waals surface area contributed by atoms with E-state index in [0.717, 1.165) is 30.2 Å². The highest BCUT2D eigenvalue weighted by Gasteiger charge is 2.22. The molecule has 122 valence electrons. The molecular formula is C17H14N8. The van der Waals surface area contributed by atoms with Crippen molar-refractivity contribution < 1.29 is 0 Å². The summed E-state index contributed by atoms with van der Waals surface area (Å²) in [6, 6.07) is 9.85. The van der Waals surface area contributed by atoms with Crippen LogP contribution in [0.1, 0.15) is 11.3 Å². The van der Waals surface area contributed by atoms with Gasteiger partial charge in [-0.1, -0.05) is 23.4 Å². The second kappa shape index (κ2) is 5.59. The molecular weight excluding hydrogens is 316 g/mol. The van der Waals surface area contributed by atoms with Crippen LogP contribution in [0, 0.1) is 0 Å². The second-order valence-corrected chi connectivity index (χ2v) is 5.87. The molecule has 25 heavy (non-hydrogen) atoms. The Morgan fingerprint density at radius 3 is 2.80 bits per heavy atom. The Bertz CT molecular complexity index is 1040. The van der Waals surface area contributed by atoms with E-state index in [-0.39, 0.29) is 0 Å². The zero-order valence-corrected chi connectivity index (χ0v) is 13.3. The van der Waals surface area contributed by atoms with Crippen LogP contribution in [0.5, 0.6) is 0 Å². The molecule has 0 atom stereocenters. The summed E-state index contributed by atoms with van der Waals surface area (Å²) in [6.07, 6.45) is 5.93. The fraction of sp³-hybridized carbons (Fsp3) is 0.176. The molecule has 3 aromatic heterocycles. The molecule has 8 nitrogen and oxygen atoms in total. The van der Waals surface area contributed by atoms with Gasteiger partial charge in [0.15, 0.2) is 17.0 Å². The molecule has 8 heteroatoms. The van der Waals surface area contributed by atoms with E-state index in [4.69, 9.17) is 0 Å². The number of hydrogen-bond donors (Lipinski definition) is 0. The van der Waals surface area contributed by atoms with Crippen molar-refractivity contribution >= 4 is 17.0 Å². The fourth-order valence-corrected chi connectivity index (χ4v) is 3.14. The third-order valence-corrected chi connectivity index (χ3v) is 4.39. The van der Waals surface area contributed by atoms with Crippen LogP contribution in [0.15, 0.2) is 49.2 Å². The van der Waals surface area contributed by atoms with Crippen molar-refractivity contribution in [3.63, 3.8) is 0 Å². The number of nitrogens with zero attached hydrogens (tertiary/aromatic N) is 8. The molecule has 0 spiro atoms. The van der Waals surface area contributed by atoms with E-state index in [1.165, 1.54) is 5.56 Å². The van der Waals surface area contributed by atoms with Crippen molar-refractivity contribution in [3.05, 3.63) is 60.4 Å². The van der Waals surface area contributed by atoms with Crippen LogP contribution in [-0.4, -0.2) is 41.5 Å². The van der Waals surface area contributed by atoms with Crippen LogP contribution < -0.4 is 4.90 Å². The topological polar surface area (TPSA) is 85.5 Å². The molecule has 1 aliphatic heterocycles. The lowest BCUT2D eigenvalue weighted by Crippen LogP contribution is -2.32. The van der Waals surface area contributed by atoms with Gasteiger partial charge in [-0.05, 0) is 24.1 Å². The Kier molecular flexibility index (Phi) is 3.12. The maximum absolute atomic E-state index is 4.47. The maximum atomic E-state index is 4.47. The van der Waals surface area contributed by atoms with Gasteiger partial charge in [0.1, 0.15) is 12.7 Å². The largest absolute Gasteiger partial charge is 0.348 e. The summed E-state index contributed by atoms with van der Waals surface area (Å²) < 4.78 is 1.74. The molecule has 0 saturated heterocycles. The van der Waals surface area contributed by atoms with Gasteiger partial charge in [0.05, 0.1) is 17.9 Å². The molecule has 0 unspecified atom stereocenters. The lowest BCUT2D eigenvalue weighted by molar-refractivity contribution is 0.695. The van der Waals surface area contributed by atoms with Crippen LogP contribution in [0.4, 0.5) is 5.82 Å². The van der Waals surface area contributed by atoms with Gasteiger partial charge in [0, 0.05) is 12.7 Å². The molecule has 1 aliphatic rings. The van der Waals surface area contributed by atoms with Crippen molar-refractivity contribution in [2.24, 2.45) is 0 Å². The minimum atomic E-state index is 0.683. The third kappa shape index (κ3) is 2.30. The lowest BCUT2D eigenvalue weighted by atomic mass is 10.1. The van der Waals surface area contributed by atoms with Gasteiger partial charge in [0.25, 0.3) is 0 Å². The van der Waals surface area contributed by atoms with Gasteiger partial charge in [-0.25, -0.2) is 19.9 Å². The maximum Gasteiger partial charge on any atom is 0.189 e. The summed E-state index contributed by atoms with van der Waals surface area (Å²) in [5.74, 6) is 0.788. The van der Waals surface area contributed by atoms with Gasteiger partial charge in [-0.2, -0.15) is 4.68 Å². The number of rotatable bonds is 2. The van der Waals surface area contributed by atoms with Crippen molar-refractivity contribution in [1.82, 2.24) is 34.9 Å². The number of benzene rings is 1. The Morgan fingerprint density at radius 1 is 0.960 bits per heavy atom. The van der Waals surface area contributed by atoms with Crippen molar-refractivity contribution in [3.8, 4) is 5.69 Å². The Morgan fingerprint density at radius 2 is 1.88 bits per heavy atom. The van der Waals surface area contributed by atoms with Crippen LogP contribution >= 0.6 is 0 Å². The molecule has 4 heterocycles. The standard InChI is InChI=1S/C17H14N8/c1-2-4-13(5-3-1)25-17-15(22-23-25)16(20-11-21-17)24-7-6-12-8-18-10-19-14(12)9-24/h1-5,8,10-11H,6-7,9H2. The fourth-order valence-electron chi connectivity index (χ4n) is 3.14. The van der Waals surface area contributed by atoms with Crippen LogP contribution in [0.3, 0.4) is 0 Å². The third-order valence-electron chi connectivity index (χ3n) is 4.39. The number of para-hydroxylation sites is 1. The van der Waals surface area contributed by atoms with E-state index in [1.54, 1.807) is 17.3 Å². The van der Waals surface area contributed by atoms with Crippen LogP contribution in [0.25, 0.3) is 16.9 Å². The van der Waals surface area contributed by atoms with E-state index >= 15 is 0 Å². The van der Waals surface area contributed by atoms with E-state index in [2.05, 4.69) is 35.1 Å². The van der Waals surface area contributed by atoms with Gasteiger partial charge < -0.3 is 4.90 Å². The first-order valence-electron chi connectivity index (χ1n) is 8.05. The van der Waals surface area contributed by atoms with Gasteiger partial charge in [-0.15, -0.1) is 5.10 Å². The first-order chi connectivity index (χ1) is 12.4. The molecule has 5 rings (SSSR count). The Labute approximate surface area is 143 Å². The predicted octanol–water partition coefficient (Wildman–Crippen LogP) is 1.56. The number of anilines is 1. The first-order valence-corrected chi connectivity index (χ1v) is 8.05. The summed E-state index contributed by atoms with van der Waals surface area (Å²) in [6.45, 7) is 1.52. The van der Waals surface area contributed by atoms with E-state index in [1.807, 2.05) is 36.5 Å². The van der Waals surface area contributed by atoms with Gasteiger partial charge >= 0.3 is 0 Å². The zero-order chi connectivity index (χ0) is 16.6. The summed E-state index contributed by atoms with van der Waals surface area (Å²) in [4.78, 5) is 19.5. The molecule has 0 bridgehead atoms. The summed E-state index contributed by atoms with van der Waals surface area (Å²) in [7, 11) is 0. The molecule has 0 saturated carbocycles. The Balaban J connectivity index is 1.58. The lowest BCUT2D eigenvalue weighted by Gasteiger charge is -2.28. The predicted molar refractivity (Wildman–Crippen MR) is 91.2 cm³/mol. The average Bonchev–Trinajstić information content (AvgIpc) is 3.12. The van der Waals surface area contributed by atoms with Crippen molar-refractivity contribution in [1.29, 1.82) is 0 Å². The first kappa shape index (κ1) is 14.0. The molecule has 0 aliphatic carbocycles.